The molecule has 1 saturated heterocycles. The van der Waals surface area contributed by atoms with Crippen molar-refractivity contribution in [1.29, 1.82) is 0 Å². The molecule has 2 aliphatic heterocycles. The van der Waals surface area contributed by atoms with Crippen LogP contribution in [0.1, 0.15) is 30.4 Å². The average molecular weight is 428 g/mol. The molecule has 2 amide bonds. The maximum absolute atomic E-state index is 13.2. The Morgan fingerprint density at radius 1 is 0.969 bits per heavy atom. The quantitative estimate of drug-likeness (QED) is 0.676. The fourth-order valence-electron chi connectivity index (χ4n) is 5.00. The van der Waals surface area contributed by atoms with Crippen LogP contribution in [0, 0.1) is 5.92 Å². The van der Waals surface area contributed by atoms with E-state index < -0.39 is 0 Å². The van der Waals surface area contributed by atoms with E-state index in [1.807, 2.05) is 46.2 Å². The molecular formula is C27H29N3O2. The number of para-hydroxylation sites is 1. The van der Waals surface area contributed by atoms with E-state index in [1.54, 1.807) is 0 Å². The van der Waals surface area contributed by atoms with Crippen LogP contribution in [0.2, 0.25) is 0 Å². The molecular weight excluding hydrogens is 398 g/mol. The van der Waals surface area contributed by atoms with Gasteiger partial charge in [-0.2, -0.15) is 0 Å². The lowest BCUT2D eigenvalue weighted by atomic mass is 9.94. The first kappa shape index (κ1) is 20.6. The second kappa shape index (κ2) is 9.03. The van der Waals surface area contributed by atoms with Crippen LogP contribution in [0.25, 0.3) is 16.5 Å². The standard InChI is InChI=1S/C27H29N3O2/c31-26(17-20-7-2-1-3-8-20)30-14-6-9-22(19-30)27(32)29-15-12-21(13-16-29)24-18-28-25-11-5-4-10-23(24)25/h1-5,7-8,10-12,18,22,28H,6,9,13-17,19H2. The minimum absolute atomic E-state index is 0.0912. The van der Waals surface area contributed by atoms with Gasteiger partial charge in [0.05, 0.1) is 12.3 Å². The Labute approximate surface area is 188 Å². The predicted octanol–water partition coefficient (Wildman–Crippen LogP) is 4.26. The Morgan fingerprint density at radius 3 is 2.59 bits per heavy atom. The molecule has 1 N–H and O–H groups in total. The zero-order chi connectivity index (χ0) is 21.9. The second-order valence-corrected chi connectivity index (χ2v) is 8.85. The van der Waals surface area contributed by atoms with Crippen molar-refractivity contribution in [3.63, 3.8) is 0 Å². The van der Waals surface area contributed by atoms with E-state index in [2.05, 4.69) is 35.5 Å². The number of aromatic amines is 1. The van der Waals surface area contributed by atoms with Crippen LogP contribution in [0.4, 0.5) is 0 Å². The lowest BCUT2D eigenvalue weighted by Crippen LogP contribution is -2.48. The summed E-state index contributed by atoms with van der Waals surface area (Å²) in [5.74, 6) is 0.219. The third-order valence-corrected chi connectivity index (χ3v) is 6.78. The van der Waals surface area contributed by atoms with E-state index in [9.17, 15) is 9.59 Å². The van der Waals surface area contributed by atoms with Gasteiger partial charge in [0.2, 0.25) is 11.8 Å². The minimum Gasteiger partial charge on any atom is -0.361 e. The van der Waals surface area contributed by atoms with Crippen LogP contribution in [0.5, 0.6) is 0 Å². The van der Waals surface area contributed by atoms with Crippen LogP contribution in [0.3, 0.4) is 0 Å². The maximum Gasteiger partial charge on any atom is 0.227 e. The third-order valence-electron chi connectivity index (χ3n) is 6.78. The number of nitrogens with one attached hydrogen (secondary N) is 1. The van der Waals surface area contributed by atoms with Crippen molar-refractivity contribution in [3.05, 3.63) is 78.0 Å². The first-order chi connectivity index (χ1) is 15.7. The Kier molecular flexibility index (Phi) is 5.80. The third kappa shape index (κ3) is 4.20. The molecule has 32 heavy (non-hydrogen) atoms. The number of rotatable bonds is 4. The van der Waals surface area contributed by atoms with E-state index in [-0.39, 0.29) is 17.7 Å². The number of nitrogens with zero attached hydrogens (tertiary/aromatic N) is 2. The lowest BCUT2D eigenvalue weighted by Gasteiger charge is -2.36. The number of carbonyl (C=O) groups excluding carboxylic acids is 2. The van der Waals surface area contributed by atoms with Gasteiger partial charge in [-0.25, -0.2) is 0 Å². The highest BCUT2D eigenvalue weighted by atomic mass is 16.2. The summed E-state index contributed by atoms with van der Waals surface area (Å²) >= 11 is 0. The van der Waals surface area contributed by atoms with Crippen molar-refractivity contribution in [2.45, 2.75) is 25.7 Å². The van der Waals surface area contributed by atoms with Gasteiger partial charge in [0.25, 0.3) is 0 Å². The first-order valence-electron chi connectivity index (χ1n) is 11.5. The number of H-pyrrole nitrogens is 1. The Morgan fingerprint density at radius 2 is 1.78 bits per heavy atom. The fraction of sp³-hybridized carbons (Fsp3) is 0.333. The molecule has 0 bridgehead atoms. The number of fused-ring (bicyclic) bond motifs is 1. The summed E-state index contributed by atoms with van der Waals surface area (Å²) < 4.78 is 0. The molecule has 2 aliphatic rings. The predicted molar refractivity (Wildman–Crippen MR) is 127 cm³/mol. The molecule has 1 unspecified atom stereocenters. The van der Waals surface area contributed by atoms with Crippen LogP contribution in [0.15, 0.2) is 66.9 Å². The molecule has 5 rings (SSSR count). The summed E-state index contributed by atoms with van der Waals surface area (Å²) in [6.07, 6.45) is 7.29. The molecule has 1 atom stereocenters. The molecule has 1 fully saturated rings. The van der Waals surface area contributed by atoms with E-state index in [1.165, 1.54) is 16.5 Å². The number of amides is 2. The molecule has 2 aromatic carbocycles. The first-order valence-corrected chi connectivity index (χ1v) is 11.5. The summed E-state index contributed by atoms with van der Waals surface area (Å²) in [5, 5.41) is 1.23. The summed E-state index contributed by atoms with van der Waals surface area (Å²) in [5.41, 5.74) is 4.71. The summed E-state index contributed by atoms with van der Waals surface area (Å²) in [6, 6.07) is 18.2. The number of likely N-dealkylation sites (tertiary alicyclic amines) is 1. The van der Waals surface area contributed by atoms with Crippen LogP contribution in [-0.2, 0) is 16.0 Å². The van der Waals surface area contributed by atoms with E-state index in [4.69, 9.17) is 0 Å². The Bertz CT molecular complexity index is 1150. The van der Waals surface area contributed by atoms with Gasteiger partial charge in [-0.05, 0) is 36.5 Å². The molecule has 1 aromatic heterocycles. The van der Waals surface area contributed by atoms with Gasteiger partial charge in [0.1, 0.15) is 0 Å². The number of hydrogen-bond donors (Lipinski definition) is 1. The van der Waals surface area contributed by atoms with Crippen molar-refractivity contribution in [3.8, 4) is 0 Å². The smallest absolute Gasteiger partial charge is 0.227 e. The maximum atomic E-state index is 13.2. The molecule has 0 saturated carbocycles. The lowest BCUT2D eigenvalue weighted by molar-refractivity contribution is -0.140. The van der Waals surface area contributed by atoms with Crippen molar-refractivity contribution in [2.75, 3.05) is 26.2 Å². The van der Waals surface area contributed by atoms with Gasteiger partial charge in [-0.15, -0.1) is 0 Å². The van der Waals surface area contributed by atoms with Crippen molar-refractivity contribution >= 4 is 28.3 Å². The van der Waals surface area contributed by atoms with Crippen molar-refractivity contribution in [1.82, 2.24) is 14.8 Å². The average Bonchev–Trinajstić information content (AvgIpc) is 3.29. The summed E-state index contributed by atoms with van der Waals surface area (Å²) in [6.45, 7) is 2.67. The zero-order valence-corrected chi connectivity index (χ0v) is 18.3. The van der Waals surface area contributed by atoms with Crippen LogP contribution < -0.4 is 0 Å². The van der Waals surface area contributed by atoms with Gasteiger partial charge in [0, 0.05) is 48.8 Å². The number of aromatic nitrogens is 1. The summed E-state index contributed by atoms with van der Waals surface area (Å²) in [4.78, 5) is 33.2. The SMILES string of the molecule is O=C(Cc1ccccc1)N1CCCC(C(=O)N2CC=C(c3c[nH]c4ccccc34)CC2)C1. The topological polar surface area (TPSA) is 56.4 Å². The fourth-order valence-corrected chi connectivity index (χ4v) is 5.00. The van der Waals surface area contributed by atoms with E-state index >= 15 is 0 Å². The van der Waals surface area contributed by atoms with Gasteiger partial charge in [-0.3, -0.25) is 9.59 Å². The monoisotopic (exact) mass is 427 g/mol. The Balaban J connectivity index is 1.21. The zero-order valence-electron chi connectivity index (χ0n) is 18.3. The van der Waals surface area contributed by atoms with Gasteiger partial charge in [0.15, 0.2) is 0 Å². The molecule has 3 heterocycles. The largest absolute Gasteiger partial charge is 0.361 e. The molecule has 0 spiro atoms. The highest BCUT2D eigenvalue weighted by Gasteiger charge is 2.32. The van der Waals surface area contributed by atoms with Crippen molar-refractivity contribution < 1.29 is 9.59 Å². The number of carbonyl (C=O) groups is 2. The highest BCUT2D eigenvalue weighted by molar-refractivity contribution is 5.93. The van der Waals surface area contributed by atoms with E-state index in [0.29, 0.717) is 19.5 Å². The molecule has 5 nitrogen and oxygen atoms in total. The van der Waals surface area contributed by atoms with Crippen LogP contribution in [-0.4, -0.2) is 52.8 Å². The second-order valence-electron chi connectivity index (χ2n) is 8.85. The van der Waals surface area contributed by atoms with E-state index in [0.717, 1.165) is 43.4 Å². The number of benzene rings is 2. The normalized spacial score (nSPS) is 19.1. The number of piperidine rings is 1. The van der Waals surface area contributed by atoms with Crippen molar-refractivity contribution in [2.24, 2.45) is 5.92 Å². The molecule has 0 radical (unpaired) electrons. The number of hydrogen-bond acceptors (Lipinski definition) is 2. The highest BCUT2D eigenvalue weighted by Crippen LogP contribution is 2.30. The van der Waals surface area contributed by atoms with Gasteiger partial charge < -0.3 is 14.8 Å². The summed E-state index contributed by atoms with van der Waals surface area (Å²) in [7, 11) is 0. The van der Waals surface area contributed by atoms with Gasteiger partial charge >= 0.3 is 0 Å². The molecule has 0 aliphatic carbocycles. The van der Waals surface area contributed by atoms with Gasteiger partial charge in [-0.1, -0.05) is 54.6 Å². The molecule has 3 aromatic rings. The Hall–Kier alpha value is -3.34. The van der Waals surface area contributed by atoms with Crippen LogP contribution >= 0.6 is 0 Å². The molecule has 164 valence electrons. The molecule has 5 heteroatoms. The minimum atomic E-state index is -0.0912.